The fourth-order valence-corrected chi connectivity index (χ4v) is 3.06. The number of hydrogen-bond acceptors (Lipinski definition) is 4. The topological polar surface area (TPSA) is 87.3 Å². The number of carbonyl (C=O) groups is 1. The number of benzene rings is 1. The van der Waals surface area contributed by atoms with Crippen LogP contribution in [0.15, 0.2) is 18.2 Å². The normalized spacial score (nSPS) is 22.0. The third-order valence-electron chi connectivity index (χ3n) is 3.39. The summed E-state index contributed by atoms with van der Waals surface area (Å²) in [6.07, 6.45) is 1.83. The number of hydrogen-bond donors (Lipinski definition) is 3. The molecule has 3 N–H and O–H groups in total. The Morgan fingerprint density at radius 1 is 1.43 bits per heavy atom. The lowest BCUT2D eigenvalue weighted by Crippen LogP contribution is -2.32. The van der Waals surface area contributed by atoms with Crippen molar-refractivity contribution in [3.63, 3.8) is 0 Å². The molecule has 1 aromatic carbocycles. The monoisotopic (exact) mass is 331 g/mol. The molecule has 0 bridgehead atoms. The van der Waals surface area contributed by atoms with Gasteiger partial charge in [0.25, 0.3) is 0 Å². The van der Waals surface area contributed by atoms with Crippen molar-refractivity contribution in [1.29, 1.82) is 0 Å². The maximum Gasteiger partial charge on any atom is 0.229 e. The minimum absolute atomic E-state index is 0.112. The standard InChI is InChI=1S/C13H18ClN3O3S/c1-8-10(5-6-15-8)13(18)16-12-7-9(3-4-11(12)14)17-21(2,19)20/h3-4,7-8,10,15,17H,5-6H2,1-2H3,(H,16,18). The van der Waals surface area contributed by atoms with E-state index in [2.05, 4.69) is 15.4 Å². The number of rotatable bonds is 4. The predicted molar refractivity (Wildman–Crippen MR) is 84.1 cm³/mol. The maximum absolute atomic E-state index is 12.2. The van der Waals surface area contributed by atoms with E-state index < -0.39 is 10.0 Å². The van der Waals surface area contributed by atoms with Crippen LogP contribution in [0, 0.1) is 5.92 Å². The van der Waals surface area contributed by atoms with Gasteiger partial charge in [0.05, 0.1) is 28.6 Å². The lowest BCUT2D eigenvalue weighted by Gasteiger charge is -2.16. The summed E-state index contributed by atoms with van der Waals surface area (Å²) in [5.41, 5.74) is 0.754. The lowest BCUT2D eigenvalue weighted by atomic mass is 10.0. The zero-order valence-corrected chi connectivity index (χ0v) is 13.4. The summed E-state index contributed by atoms with van der Waals surface area (Å²) in [6, 6.07) is 4.70. The summed E-state index contributed by atoms with van der Waals surface area (Å²) >= 11 is 6.05. The van der Waals surface area contributed by atoms with Gasteiger partial charge in [0.15, 0.2) is 0 Å². The Hall–Kier alpha value is -1.31. The van der Waals surface area contributed by atoms with E-state index in [0.717, 1.165) is 19.2 Å². The molecule has 1 aromatic rings. The quantitative estimate of drug-likeness (QED) is 0.783. The summed E-state index contributed by atoms with van der Waals surface area (Å²) in [4.78, 5) is 12.2. The summed E-state index contributed by atoms with van der Waals surface area (Å²) in [7, 11) is -3.38. The Labute approximate surface area is 129 Å². The third kappa shape index (κ3) is 4.33. The van der Waals surface area contributed by atoms with Gasteiger partial charge in [-0.1, -0.05) is 11.6 Å². The highest BCUT2D eigenvalue weighted by Crippen LogP contribution is 2.27. The average Bonchev–Trinajstić information content (AvgIpc) is 2.78. The average molecular weight is 332 g/mol. The van der Waals surface area contributed by atoms with Gasteiger partial charge >= 0.3 is 0 Å². The summed E-state index contributed by atoms with van der Waals surface area (Å²) in [5, 5.41) is 6.33. The Kier molecular flexibility index (Phi) is 4.75. The van der Waals surface area contributed by atoms with Crippen LogP contribution in [0.3, 0.4) is 0 Å². The van der Waals surface area contributed by atoms with Gasteiger partial charge in [0.2, 0.25) is 15.9 Å². The Morgan fingerprint density at radius 2 is 2.14 bits per heavy atom. The van der Waals surface area contributed by atoms with E-state index >= 15 is 0 Å². The van der Waals surface area contributed by atoms with Crippen molar-refractivity contribution in [3.05, 3.63) is 23.2 Å². The molecular weight excluding hydrogens is 314 g/mol. The minimum Gasteiger partial charge on any atom is -0.324 e. The minimum atomic E-state index is -3.38. The van der Waals surface area contributed by atoms with Crippen molar-refractivity contribution in [2.24, 2.45) is 5.92 Å². The van der Waals surface area contributed by atoms with E-state index in [1.54, 1.807) is 12.1 Å². The molecule has 8 heteroatoms. The van der Waals surface area contributed by atoms with E-state index in [-0.39, 0.29) is 17.9 Å². The molecule has 1 saturated heterocycles. The highest BCUT2D eigenvalue weighted by Gasteiger charge is 2.29. The second-order valence-corrected chi connectivity index (χ2v) is 7.35. The molecule has 1 heterocycles. The van der Waals surface area contributed by atoms with Crippen molar-refractivity contribution >= 4 is 38.9 Å². The molecule has 2 rings (SSSR count). The van der Waals surface area contributed by atoms with Crippen LogP contribution in [-0.2, 0) is 14.8 Å². The molecule has 2 atom stereocenters. The highest BCUT2D eigenvalue weighted by molar-refractivity contribution is 7.92. The molecule has 1 fully saturated rings. The number of sulfonamides is 1. The molecule has 0 radical (unpaired) electrons. The second-order valence-electron chi connectivity index (χ2n) is 5.20. The number of nitrogens with one attached hydrogen (secondary N) is 3. The van der Waals surface area contributed by atoms with E-state index in [0.29, 0.717) is 16.4 Å². The molecule has 0 saturated carbocycles. The first kappa shape index (κ1) is 16.1. The van der Waals surface area contributed by atoms with Crippen LogP contribution in [0.4, 0.5) is 11.4 Å². The molecule has 1 aliphatic heterocycles. The maximum atomic E-state index is 12.2. The molecule has 0 aromatic heterocycles. The van der Waals surface area contributed by atoms with Gasteiger partial charge in [-0.05, 0) is 38.1 Å². The Morgan fingerprint density at radius 3 is 2.71 bits per heavy atom. The molecule has 116 valence electrons. The van der Waals surface area contributed by atoms with E-state index in [1.807, 2.05) is 6.92 Å². The van der Waals surface area contributed by atoms with Gasteiger partial charge in [-0.3, -0.25) is 9.52 Å². The van der Waals surface area contributed by atoms with Gasteiger partial charge in [0.1, 0.15) is 0 Å². The van der Waals surface area contributed by atoms with Crippen molar-refractivity contribution < 1.29 is 13.2 Å². The van der Waals surface area contributed by atoms with Crippen LogP contribution in [0.5, 0.6) is 0 Å². The largest absolute Gasteiger partial charge is 0.324 e. The van der Waals surface area contributed by atoms with E-state index in [9.17, 15) is 13.2 Å². The zero-order valence-electron chi connectivity index (χ0n) is 11.8. The first-order valence-electron chi connectivity index (χ1n) is 6.58. The summed E-state index contributed by atoms with van der Waals surface area (Å²) in [5.74, 6) is -0.238. The van der Waals surface area contributed by atoms with Crippen molar-refractivity contribution in [2.75, 3.05) is 22.8 Å². The SMILES string of the molecule is CC1NCCC1C(=O)Nc1cc(NS(C)(=O)=O)ccc1Cl. The molecule has 1 amide bonds. The fraction of sp³-hybridized carbons (Fsp3) is 0.462. The van der Waals surface area contributed by atoms with Crippen LogP contribution in [0.1, 0.15) is 13.3 Å². The summed E-state index contributed by atoms with van der Waals surface area (Å²) < 4.78 is 24.8. The molecule has 1 aliphatic rings. The molecule has 0 aliphatic carbocycles. The van der Waals surface area contributed by atoms with Crippen molar-refractivity contribution in [1.82, 2.24) is 5.32 Å². The predicted octanol–water partition coefficient (Wildman–Crippen LogP) is 1.65. The second kappa shape index (κ2) is 6.21. The zero-order chi connectivity index (χ0) is 15.6. The first-order chi connectivity index (χ1) is 9.76. The third-order valence-corrected chi connectivity index (χ3v) is 4.33. The highest BCUT2D eigenvalue weighted by atomic mass is 35.5. The van der Waals surface area contributed by atoms with Gasteiger partial charge in [0, 0.05) is 6.04 Å². The fourth-order valence-electron chi connectivity index (χ4n) is 2.34. The number of carbonyl (C=O) groups excluding carboxylic acids is 1. The van der Waals surface area contributed by atoms with Gasteiger partial charge in [-0.15, -0.1) is 0 Å². The van der Waals surface area contributed by atoms with Crippen molar-refractivity contribution in [2.45, 2.75) is 19.4 Å². The number of halogens is 1. The molecule has 6 nitrogen and oxygen atoms in total. The molecule has 21 heavy (non-hydrogen) atoms. The van der Waals surface area contributed by atoms with Gasteiger partial charge in [-0.25, -0.2) is 8.42 Å². The van der Waals surface area contributed by atoms with Crippen molar-refractivity contribution in [3.8, 4) is 0 Å². The first-order valence-corrected chi connectivity index (χ1v) is 8.85. The lowest BCUT2D eigenvalue weighted by molar-refractivity contribution is -0.120. The van der Waals surface area contributed by atoms with Crippen LogP contribution in [0.2, 0.25) is 5.02 Å². The van der Waals surface area contributed by atoms with E-state index in [1.165, 1.54) is 6.07 Å². The van der Waals surface area contributed by atoms with E-state index in [4.69, 9.17) is 11.6 Å². The number of amides is 1. The van der Waals surface area contributed by atoms with Crippen LogP contribution in [0.25, 0.3) is 0 Å². The van der Waals surface area contributed by atoms with Gasteiger partial charge < -0.3 is 10.6 Å². The van der Waals surface area contributed by atoms with Gasteiger partial charge in [-0.2, -0.15) is 0 Å². The number of anilines is 2. The molecular formula is C13H18ClN3O3S. The Balaban J connectivity index is 2.15. The van der Waals surface area contributed by atoms with Crippen LogP contribution >= 0.6 is 11.6 Å². The van der Waals surface area contributed by atoms with Crippen LogP contribution in [-0.4, -0.2) is 33.2 Å². The molecule has 2 unspecified atom stereocenters. The summed E-state index contributed by atoms with van der Waals surface area (Å²) in [6.45, 7) is 2.77. The smallest absolute Gasteiger partial charge is 0.229 e. The van der Waals surface area contributed by atoms with Crippen LogP contribution < -0.4 is 15.4 Å². The Bertz CT molecular complexity index is 648. The molecule has 0 spiro atoms.